The van der Waals surface area contributed by atoms with Gasteiger partial charge in [-0.25, -0.2) is 0 Å². The second-order valence-corrected chi connectivity index (χ2v) is 18.7. The molecule has 9 rings (SSSR count). The van der Waals surface area contributed by atoms with Crippen LogP contribution in [0, 0.1) is 0 Å². The van der Waals surface area contributed by atoms with Crippen LogP contribution in [-0.2, 0) is 16.2 Å². The molecule has 0 fully saturated rings. The number of anilines is 3. The van der Waals surface area contributed by atoms with E-state index >= 15 is 0 Å². The highest BCUT2D eigenvalue weighted by Crippen LogP contribution is 2.40. The van der Waals surface area contributed by atoms with Crippen LogP contribution in [0.5, 0.6) is 0 Å². The predicted molar refractivity (Wildman–Crippen MR) is 273 cm³/mol. The van der Waals surface area contributed by atoms with E-state index in [2.05, 4.69) is 283 Å². The lowest BCUT2D eigenvalue weighted by atomic mass is 9.78. The van der Waals surface area contributed by atoms with E-state index in [4.69, 9.17) is 0 Å². The molecule has 0 bridgehead atoms. The van der Waals surface area contributed by atoms with Gasteiger partial charge in [-0.15, -0.1) is 0 Å². The summed E-state index contributed by atoms with van der Waals surface area (Å²) in [6.45, 7) is 13.8. The summed E-state index contributed by atoms with van der Waals surface area (Å²) in [4.78, 5) is 2.36. The zero-order valence-electron chi connectivity index (χ0n) is 38.0. The minimum Gasteiger partial charge on any atom is -0.311 e. The normalized spacial score (nSPS) is 11.9. The average Bonchev–Trinajstić information content (AvgIpc) is 3.36. The van der Waals surface area contributed by atoms with Gasteiger partial charge in [-0.05, 0) is 103 Å². The van der Waals surface area contributed by atoms with Gasteiger partial charge < -0.3 is 4.90 Å². The highest BCUT2D eigenvalue weighted by molar-refractivity contribution is 5.81. The second-order valence-electron chi connectivity index (χ2n) is 18.7. The largest absolute Gasteiger partial charge is 0.311 e. The minimum absolute atomic E-state index is 0.0826. The van der Waals surface area contributed by atoms with Crippen LogP contribution in [0.15, 0.2) is 237 Å². The van der Waals surface area contributed by atoms with Gasteiger partial charge in [-0.1, -0.05) is 242 Å². The maximum Gasteiger partial charge on any atom is 0.0462 e. The molecule has 314 valence electrons. The molecular weight excluding hydrogens is 771 g/mol. The van der Waals surface area contributed by atoms with E-state index < -0.39 is 0 Å². The summed E-state index contributed by atoms with van der Waals surface area (Å²) in [7, 11) is 0. The third-order valence-electron chi connectivity index (χ3n) is 13.7. The Kier molecular flexibility index (Phi) is 11.5. The van der Waals surface area contributed by atoms with Gasteiger partial charge in [0.25, 0.3) is 0 Å². The Bertz CT molecular complexity index is 2580. The average molecular weight is 828 g/mol. The smallest absolute Gasteiger partial charge is 0.0462 e. The molecule has 1 nitrogen and oxygen atoms in total. The maximum absolute atomic E-state index is 2.36. The monoisotopic (exact) mass is 827 g/mol. The lowest BCUT2D eigenvalue weighted by Crippen LogP contribution is -2.18. The van der Waals surface area contributed by atoms with Gasteiger partial charge in [0.15, 0.2) is 0 Å². The molecule has 9 aromatic carbocycles. The van der Waals surface area contributed by atoms with Gasteiger partial charge in [0.2, 0.25) is 0 Å². The van der Waals surface area contributed by atoms with Gasteiger partial charge in [0.1, 0.15) is 0 Å². The van der Waals surface area contributed by atoms with Crippen LogP contribution in [-0.4, -0.2) is 0 Å². The molecule has 0 aliphatic carbocycles. The molecular formula is C63H57N. The van der Waals surface area contributed by atoms with Crippen molar-refractivity contribution in [1.82, 2.24) is 0 Å². The molecule has 0 aliphatic heterocycles. The van der Waals surface area contributed by atoms with Crippen molar-refractivity contribution in [2.24, 2.45) is 0 Å². The van der Waals surface area contributed by atoms with Crippen molar-refractivity contribution in [2.45, 2.75) is 57.8 Å². The van der Waals surface area contributed by atoms with E-state index in [-0.39, 0.29) is 16.2 Å². The van der Waals surface area contributed by atoms with Crippen molar-refractivity contribution in [1.29, 1.82) is 0 Å². The highest BCUT2D eigenvalue weighted by atomic mass is 15.1. The highest BCUT2D eigenvalue weighted by Gasteiger charge is 2.25. The van der Waals surface area contributed by atoms with E-state index in [0.717, 1.165) is 17.1 Å². The quantitative estimate of drug-likeness (QED) is 0.119. The van der Waals surface area contributed by atoms with Gasteiger partial charge in [0, 0.05) is 33.3 Å². The van der Waals surface area contributed by atoms with Crippen LogP contribution < -0.4 is 4.90 Å². The number of hydrogen-bond donors (Lipinski definition) is 0. The minimum atomic E-state index is -0.0826. The molecule has 1 heteroatoms. The van der Waals surface area contributed by atoms with E-state index in [1.807, 2.05) is 0 Å². The topological polar surface area (TPSA) is 3.24 Å². The zero-order chi connectivity index (χ0) is 44.3. The van der Waals surface area contributed by atoms with Crippen LogP contribution >= 0.6 is 0 Å². The summed E-state index contributed by atoms with van der Waals surface area (Å²) in [5.41, 5.74) is 18.1. The Labute approximate surface area is 381 Å². The van der Waals surface area contributed by atoms with Crippen molar-refractivity contribution in [3.8, 4) is 33.4 Å². The Morgan fingerprint density at radius 3 is 0.578 bits per heavy atom. The Hall–Kier alpha value is -7.22. The summed E-state index contributed by atoms with van der Waals surface area (Å²) in [6, 6.07) is 86.5. The first-order valence-corrected chi connectivity index (χ1v) is 22.6. The standard InChI is InChI=1S/C63H57N/c1-61(2,52-16-10-7-11-17-52)55-34-22-46(23-35-55)49-28-40-58(41-29-49)64(59-42-30-50(31-43-59)47-24-36-56(37-25-47)62(3,4)53-18-12-8-13-19-53)60-44-32-51(33-45-60)48-26-38-57(39-27-48)63(5,6)54-20-14-9-15-21-54/h7-45H,1-6H3. The molecule has 0 atom stereocenters. The van der Waals surface area contributed by atoms with Gasteiger partial charge in [0.05, 0.1) is 0 Å². The molecule has 0 spiro atoms. The summed E-state index contributed by atoms with van der Waals surface area (Å²) in [5.74, 6) is 0. The predicted octanol–water partition coefficient (Wildman–Crippen LogP) is 17.1. The Morgan fingerprint density at radius 1 is 0.203 bits per heavy atom. The van der Waals surface area contributed by atoms with Crippen molar-refractivity contribution in [3.05, 3.63) is 270 Å². The Balaban J connectivity index is 1.01. The molecule has 0 saturated heterocycles. The molecule has 0 aromatic heterocycles. The second kappa shape index (κ2) is 17.5. The number of benzene rings is 9. The SMILES string of the molecule is CC(C)(c1ccccc1)c1ccc(-c2ccc(N(c3ccc(-c4ccc(C(C)(C)c5ccccc5)cc4)cc3)c3ccc(-c4ccc(C(C)(C)c5ccccc5)cc4)cc3)cc2)cc1. The lowest BCUT2D eigenvalue weighted by molar-refractivity contribution is 0.641. The molecule has 0 aliphatic rings. The number of nitrogens with zero attached hydrogens (tertiary/aromatic N) is 1. The molecule has 0 heterocycles. The van der Waals surface area contributed by atoms with Gasteiger partial charge in [-0.2, -0.15) is 0 Å². The van der Waals surface area contributed by atoms with E-state index in [0.29, 0.717) is 0 Å². The van der Waals surface area contributed by atoms with Crippen LogP contribution in [0.3, 0.4) is 0 Å². The summed E-state index contributed by atoms with van der Waals surface area (Å²) < 4.78 is 0. The van der Waals surface area contributed by atoms with Crippen LogP contribution in [0.2, 0.25) is 0 Å². The summed E-state index contributed by atoms with van der Waals surface area (Å²) >= 11 is 0. The van der Waals surface area contributed by atoms with Crippen LogP contribution in [0.1, 0.15) is 74.9 Å². The zero-order valence-corrected chi connectivity index (χ0v) is 38.0. The first kappa shape index (κ1) is 42.1. The molecule has 0 unspecified atom stereocenters. The van der Waals surface area contributed by atoms with Crippen molar-refractivity contribution < 1.29 is 0 Å². The number of hydrogen-bond acceptors (Lipinski definition) is 1. The lowest BCUT2D eigenvalue weighted by Gasteiger charge is -2.27. The van der Waals surface area contributed by atoms with Gasteiger partial charge >= 0.3 is 0 Å². The van der Waals surface area contributed by atoms with E-state index in [9.17, 15) is 0 Å². The van der Waals surface area contributed by atoms with Crippen LogP contribution in [0.25, 0.3) is 33.4 Å². The molecule has 0 N–H and O–H groups in total. The molecule has 0 saturated carbocycles. The first-order valence-electron chi connectivity index (χ1n) is 22.6. The Morgan fingerprint density at radius 2 is 0.375 bits per heavy atom. The fourth-order valence-corrected chi connectivity index (χ4v) is 9.16. The number of rotatable bonds is 12. The molecule has 9 aromatic rings. The van der Waals surface area contributed by atoms with Crippen LogP contribution in [0.4, 0.5) is 17.1 Å². The molecule has 0 radical (unpaired) electrons. The fourth-order valence-electron chi connectivity index (χ4n) is 9.16. The van der Waals surface area contributed by atoms with Crippen molar-refractivity contribution in [3.63, 3.8) is 0 Å². The van der Waals surface area contributed by atoms with E-state index in [1.54, 1.807) is 0 Å². The first-order chi connectivity index (χ1) is 31.0. The maximum atomic E-state index is 2.36. The van der Waals surface area contributed by atoms with Crippen molar-refractivity contribution in [2.75, 3.05) is 4.90 Å². The third kappa shape index (κ3) is 8.47. The molecule has 64 heavy (non-hydrogen) atoms. The fraction of sp³-hybridized carbons (Fsp3) is 0.143. The summed E-state index contributed by atoms with van der Waals surface area (Å²) in [5, 5.41) is 0. The third-order valence-corrected chi connectivity index (χ3v) is 13.7. The van der Waals surface area contributed by atoms with Gasteiger partial charge in [-0.3, -0.25) is 0 Å². The van der Waals surface area contributed by atoms with Crippen molar-refractivity contribution >= 4 is 17.1 Å². The summed E-state index contributed by atoms with van der Waals surface area (Å²) in [6.07, 6.45) is 0. The van der Waals surface area contributed by atoms with E-state index in [1.165, 1.54) is 66.8 Å². The molecule has 0 amide bonds.